The fraction of sp³-hybridized carbons (Fsp3) is 1.00. The van der Waals surface area contributed by atoms with Crippen LogP contribution in [-0.2, 0) is 9.47 Å². The molecule has 1 aliphatic rings. The highest BCUT2D eigenvalue weighted by Crippen LogP contribution is 2.21. The first-order chi connectivity index (χ1) is 5.27. The van der Waals surface area contributed by atoms with E-state index in [-0.39, 0.29) is 12.4 Å². The fourth-order valence-corrected chi connectivity index (χ4v) is 1.44. The van der Waals surface area contributed by atoms with Crippen LogP contribution in [0, 0.1) is 0 Å². The molecule has 0 aromatic carbocycles. The van der Waals surface area contributed by atoms with Crippen LogP contribution in [0.25, 0.3) is 0 Å². The summed E-state index contributed by atoms with van der Waals surface area (Å²) < 4.78 is 10.9. The lowest BCUT2D eigenvalue weighted by molar-refractivity contribution is -0.0508. The Morgan fingerprint density at radius 1 is 1.73 bits per heavy atom. The molecule has 0 amide bonds. The molecule has 1 aliphatic heterocycles. The highest BCUT2D eigenvalue weighted by atomic mass is 35.5. The maximum Gasteiger partial charge on any atom is 0.169 e. The smallest absolute Gasteiger partial charge is 0.169 e. The van der Waals surface area contributed by atoms with Crippen molar-refractivity contribution in [3.8, 4) is 0 Å². The Kier molecular flexibility index (Phi) is 3.99. The lowest BCUT2D eigenvalue weighted by atomic mass is 10.4. The summed E-state index contributed by atoms with van der Waals surface area (Å²) in [7, 11) is 0. The molecule has 1 rings (SSSR count). The van der Waals surface area contributed by atoms with E-state index < -0.39 is 0 Å². The van der Waals surface area contributed by atoms with Gasteiger partial charge in [0.25, 0.3) is 0 Å². The summed E-state index contributed by atoms with van der Waals surface area (Å²) in [4.78, 5) is 0. The van der Waals surface area contributed by atoms with Crippen LogP contribution in [0.1, 0.15) is 6.92 Å². The highest BCUT2D eigenvalue weighted by Gasteiger charge is 2.28. The first-order valence-electron chi connectivity index (χ1n) is 3.63. The van der Waals surface area contributed by atoms with Gasteiger partial charge in [-0.15, -0.1) is 11.6 Å². The molecule has 11 heavy (non-hydrogen) atoms. The van der Waals surface area contributed by atoms with Gasteiger partial charge in [-0.25, -0.2) is 0 Å². The van der Waals surface area contributed by atoms with E-state index >= 15 is 0 Å². The first-order valence-corrected chi connectivity index (χ1v) is 5.46. The van der Waals surface area contributed by atoms with E-state index in [1.165, 1.54) is 0 Å². The summed E-state index contributed by atoms with van der Waals surface area (Å²) in [6, 6.07) is 0. The Hall–Kier alpha value is 0.560. The van der Waals surface area contributed by atoms with Crippen LogP contribution in [0.4, 0.5) is 0 Å². The minimum atomic E-state index is -0.0613. The van der Waals surface area contributed by atoms with E-state index in [9.17, 15) is 0 Å². The number of hydrogen-bond acceptors (Lipinski definition) is 3. The van der Waals surface area contributed by atoms with Gasteiger partial charge in [-0.05, 0) is 13.2 Å². The molecule has 0 saturated carbocycles. The Morgan fingerprint density at radius 2 is 2.45 bits per heavy atom. The molecule has 0 spiro atoms. The average Bonchev–Trinajstić information content (AvgIpc) is 2.50. The Labute approximate surface area is 76.6 Å². The quantitative estimate of drug-likeness (QED) is 0.641. The summed E-state index contributed by atoms with van der Waals surface area (Å²) in [5.74, 6) is 0.525. The van der Waals surface area contributed by atoms with Crippen LogP contribution in [0.5, 0.6) is 0 Å². The molecule has 2 unspecified atom stereocenters. The van der Waals surface area contributed by atoms with Gasteiger partial charge < -0.3 is 9.47 Å². The van der Waals surface area contributed by atoms with E-state index in [0.29, 0.717) is 17.7 Å². The highest BCUT2D eigenvalue weighted by molar-refractivity contribution is 7.99. The van der Waals surface area contributed by atoms with E-state index in [1.54, 1.807) is 11.8 Å². The van der Waals surface area contributed by atoms with Crippen molar-refractivity contribution in [1.29, 1.82) is 0 Å². The van der Waals surface area contributed by atoms with Crippen molar-refractivity contribution in [3.05, 3.63) is 0 Å². The van der Waals surface area contributed by atoms with Gasteiger partial charge in [0.1, 0.15) is 0 Å². The zero-order valence-electron chi connectivity index (χ0n) is 6.75. The summed E-state index contributed by atoms with van der Waals surface area (Å²) in [6.45, 7) is 2.73. The molecule has 0 aromatic heterocycles. The van der Waals surface area contributed by atoms with Crippen LogP contribution in [0.3, 0.4) is 0 Å². The van der Waals surface area contributed by atoms with Gasteiger partial charge in [0.15, 0.2) is 6.29 Å². The normalized spacial score (nSPS) is 34.1. The molecule has 66 valence electrons. The monoisotopic (exact) mass is 196 g/mol. The van der Waals surface area contributed by atoms with Crippen molar-refractivity contribution in [2.75, 3.05) is 18.7 Å². The van der Waals surface area contributed by atoms with Gasteiger partial charge in [0, 0.05) is 0 Å². The largest absolute Gasteiger partial charge is 0.349 e. The van der Waals surface area contributed by atoms with Crippen molar-refractivity contribution < 1.29 is 9.47 Å². The summed E-state index contributed by atoms with van der Waals surface area (Å²) in [6.07, 6.45) is 2.08. The van der Waals surface area contributed by atoms with Crippen molar-refractivity contribution in [2.24, 2.45) is 0 Å². The van der Waals surface area contributed by atoms with Crippen molar-refractivity contribution >= 4 is 23.4 Å². The minimum absolute atomic E-state index is 0.0613. The van der Waals surface area contributed by atoms with Crippen LogP contribution in [0.15, 0.2) is 0 Å². The van der Waals surface area contributed by atoms with E-state index in [4.69, 9.17) is 21.1 Å². The van der Waals surface area contributed by atoms with Gasteiger partial charge in [-0.1, -0.05) is 0 Å². The lowest BCUT2D eigenvalue weighted by Crippen LogP contribution is -2.22. The molecular formula is C7H13ClO2S. The third-order valence-corrected chi connectivity index (χ3v) is 3.01. The molecule has 1 saturated heterocycles. The zero-order valence-corrected chi connectivity index (χ0v) is 8.32. The van der Waals surface area contributed by atoms with Gasteiger partial charge in [-0.2, -0.15) is 11.8 Å². The third kappa shape index (κ3) is 2.51. The maximum absolute atomic E-state index is 5.61. The zero-order chi connectivity index (χ0) is 8.27. The fourth-order valence-electron chi connectivity index (χ4n) is 0.909. The van der Waals surface area contributed by atoms with Gasteiger partial charge in [0.05, 0.1) is 23.8 Å². The van der Waals surface area contributed by atoms with Crippen molar-refractivity contribution in [3.63, 3.8) is 0 Å². The van der Waals surface area contributed by atoms with Gasteiger partial charge >= 0.3 is 0 Å². The topological polar surface area (TPSA) is 18.5 Å². The van der Waals surface area contributed by atoms with Crippen LogP contribution >= 0.6 is 23.4 Å². The Morgan fingerprint density at radius 3 is 2.91 bits per heavy atom. The van der Waals surface area contributed by atoms with Crippen LogP contribution in [0.2, 0.25) is 0 Å². The molecule has 0 aromatic rings. The lowest BCUT2D eigenvalue weighted by Gasteiger charge is -2.15. The number of thioether (sulfide) groups is 1. The molecule has 3 atom stereocenters. The molecule has 1 fully saturated rings. The number of ether oxygens (including phenoxy) is 2. The first kappa shape index (κ1) is 9.65. The molecule has 0 N–H and O–H groups in total. The second-order valence-corrected chi connectivity index (χ2v) is 4.08. The summed E-state index contributed by atoms with van der Waals surface area (Å²) >= 11 is 7.35. The molecule has 0 bridgehead atoms. The Bertz CT molecular complexity index is 123. The van der Waals surface area contributed by atoms with E-state index in [1.807, 2.05) is 6.26 Å². The predicted molar refractivity (Wildman–Crippen MR) is 48.3 cm³/mol. The second-order valence-electron chi connectivity index (χ2n) is 2.55. The van der Waals surface area contributed by atoms with Crippen molar-refractivity contribution in [2.45, 2.75) is 24.6 Å². The molecule has 0 radical (unpaired) electrons. The predicted octanol–water partition coefficient (Wildman–Crippen LogP) is 1.72. The molecule has 2 nitrogen and oxygen atoms in total. The Balaban J connectivity index is 2.29. The van der Waals surface area contributed by atoms with Crippen LogP contribution in [-0.4, -0.2) is 36.4 Å². The molecule has 4 heteroatoms. The molecule has 1 heterocycles. The third-order valence-electron chi connectivity index (χ3n) is 1.70. The molecular weight excluding hydrogens is 184 g/mol. The standard InChI is InChI=1S/C7H13ClO2S/c1-5(11-2)7-9-4-6(3-8)10-7/h5-7H,3-4H2,1-2H3/t5?,6?,7-/m0/s1. The number of rotatable bonds is 3. The minimum Gasteiger partial charge on any atom is -0.349 e. The van der Waals surface area contributed by atoms with Crippen molar-refractivity contribution in [1.82, 2.24) is 0 Å². The summed E-state index contributed by atoms with van der Waals surface area (Å²) in [5.41, 5.74) is 0. The second kappa shape index (κ2) is 4.55. The number of halogens is 1. The number of hydrogen-bond donors (Lipinski definition) is 0. The van der Waals surface area contributed by atoms with E-state index in [0.717, 1.165) is 0 Å². The molecule has 0 aliphatic carbocycles. The summed E-state index contributed by atoms with van der Waals surface area (Å²) in [5, 5.41) is 0.392. The van der Waals surface area contributed by atoms with Gasteiger partial charge in [0.2, 0.25) is 0 Å². The van der Waals surface area contributed by atoms with E-state index in [2.05, 4.69) is 6.92 Å². The average molecular weight is 197 g/mol. The maximum atomic E-state index is 5.61. The number of alkyl halides is 1. The van der Waals surface area contributed by atoms with Gasteiger partial charge in [-0.3, -0.25) is 0 Å². The SMILES string of the molecule is CSC(C)[C@H]1OCC(CCl)O1. The van der Waals surface area contributed by atoms with Crippen LogP contribution < -0.4 is 0 Å².